The van der Waals surface area contributed by atoms with Gasteiger partial charge in [0.25, 0.3) is 0 Å². The Balaban J connectivity index is 2.56. The van der Waals surface area contributed by atoms with E-state index in [-0.39, 0.29) is 11.0 Å². The van der Waals surface area contributed by atoms with Crippen LogP contribution in [0.1, 0.15) is 40.5 Å². The molecule has 0 aliphatic heterocycles. The molecule has 1 rings (SSSR count). The third-order valence-electron chi connectivity index (χ3n) is 3.29. The van der Waals surface area contributed by atoms with E-state index >= 15 is 0 Å². The van der Waals surface area contributed by atoms with E-state index in [0.717, 1.165) is 6.54 Å². The first kappa shape index (κ1) is 10.5. The Morgan fingerprint density at radius 1 is 1.54 bits per heavy atom. The van der Waals surface area contributed by atoms with Crippen molar-refractivity contribution in [1.29, 1.82) is 5.26 Å². The molecule has 2 heteroatoms. The summed E-state index contributed by atoms with van der Waals surface area (Å²) in [6, 6.07) is 2.43. The standard InChI is InChI=1S/C11H20N2/c1-9(2)7-13-11(4,8-12)10(3)5-6-10/h9,13H,5-7H2,1-4H3. The number of nitrogens with zero attached hydrogens (tertiary/aromatic N) is 1. The van der Waals surface area contributed by atoms with E-state index in [4.69, 9.17) is 5.26 Å². The first-order valence-corrected chi connectivity index (χ1v) is 5.10. The fourth-order valence-corrected chi connectivity index (χ4v) is 1.48. The lowest BCUT2D eigenvalue weighted by atomic mass is 9.85. The number of hydrogen-bond acceptors (Lipinski definition) is 2. The second kappa shape index (κ2) is 3.31. The number of nitriles is 1. The maximum Gasteiger partial charge on any atom is 0.109 e. The van der Waals surface area contributed by atoms with E-state index in [9.17, 15) is 0 Å². The highest BCUT2D eigenvalue weighted by Crippen LogP contribution is 2.53. The third-order valence-corrected chi connectivity index (χ3v) is 3.29. The summed E-state index contributed by atoms with van der Waals surface area (Å²) in [7, 11) is 0. The van der Waals surface area contributed by atoms with Crippen molar-refractivity contribution in [2.75, 3.05) is 6.54 Å². The highest BCUT2D eigenvalue weighted by Gasteiger charge is 2.53. The monoisotopic (exact) mass is 180 g/mol. The van der Waals surface area contributed by atoms with Crippen molar-refractivity contribution >= 4 is 0 Å². The summed E-state index contributed by atoms with van der Waals surface area (Å²) in [4.78, 5) is 0. The Labute approximate surface area is 81.3 Å². The molecule has 1 aliphatic rings. The fourth-order valence-electron chi connectivity index (χ4n) is 1.48. The Kier molecular flexibility index (Phi) is 2.68. The van der Waals surface area contributed by atoms with E-state index in [2.05, 4.69) is 32.2 Å². The zero-order chi connectivity index (χ0) is 10.1. The molecule has 0 radical (unpaired) electrons. The normalized spacial score (nSPS) is 23.7. The van der Waals surface area contributed by atoms with Gasteiger partial charge in [0.05, 0.1) is 6.07 Å². The molecular weight excluding hydrogens is 160 g/mol. The predicted molar refractivity (Wildman–Crippen MR) is 54.2 cm³/mol. The molecule has 1 fully saturated rings. The molecule has 0 spiro atoms. The van der Waals surface area contributed by atoms with Gasteiger partial charge in [0, 0.05) is 0 Å². The van der Waals surface area contributed by atoms with Gasteiger partial charge in [-0.25, -0.2) is 0 Å². The summed E-state index contributed by atoms with van der Waals surface area (Å²) in [5.74, 6) is 0.607. The lowest BCUT2D eigenvalue weighted by Crippen LogP contribution is -2.49. The molecule has 1 unspecified atom stereocenters. The first-order chi connectivity index (χ1) is 5.93. The zero-order valence-corrected chi connectivity index (χ0v) is 9.15. The zero-order valence-electron chi connectivity index (χ0n) is 9.15. The predicted octanol–water partition coefficient (Wildman–Crippen LogP) is 2.31. The summed E-state index contributed by atoms with van der Waals surface area (Å²) in [6.07, 6.45) is 2.37. The average molecular weight is 180 g/mol. The van der Waals surface area contributed by atoms with Crippen molar-refractivity contribution in [2.24, 2.45) is 11.3 Å². The average Bonchev–Trinajstić information content (AvgIpc) is 2.81. The molecule has 0 bridgehead atoms. The lowest BCUT2D eigenvalue weighted by molar-refractivity contribution is 0.284. The van der Waals surface area contributed by atoms with Crippen LogP contribution >= 0.6 is 0 Å². The maximum atomic E-state index is 9.16. The molecule has 1 N–H and O–H groups in total. The molecule has 0 saturated heterocycles. The lowest BCUT2D eigenvalue weighted by Gasteiger charge is -2.31. The summed E-state index contributed by atoms with van der Waals surface area (Å²) in [5, 5.41) is 12.5. The van der Waals surface area contributed by atoms with Crippen molar-refractivity contribution in [3.8, 4) is 6.07 Å². The van der Waals surface area contributed by atoms with E-state index < -0.39 is 0 Å². The van der Waals surface area contributed by atoms with Gasteiger partial charge in [-0.05, 0) is 37.6 Å². The fraction of sp³-hybridized carbons (Fsp3) is 0.909. The largest absolute Gasteiger partial charge is 0.299 e. The summed E-state index contributed by atoms with van der Waals surface area (Å²) >= 11 is 0. The van der Waals surface area contributed by atoms with Crippen LogP contribution in [-0.4, -0.2) is 12.1 Å². The second-order valence-corrected chi connectivity index (χ2v) is 5.07. The smallest absolute Gasteiger partial charge is 0.109 e. The maximum absolute atomic E-state index is 9.16. The van der Waals surface area contributed by atoms with Crippen molar-refractivity contribution in [1.82, 2.24) is 5.32 Å². The van der Waals surface area contributed by atoms with Crippen LogP contribution in [0.2, 0.25) is 0 Å². The number of rotatable bonds is 4. The van der Waals surface area contributed by atoms with Gasteiger partial charge in [0.1, 0.15) is 5.54 Å². The topological polar surface area (TPSA) is 35.8 Å². The third kappa shape index (κ3) is 2.03. The van der Waals surface area contributed by atoms with Crippen LogP contribution < -0.4 is 5.32 Å². The van der Waals surface area contributed by atoms with Crippen molar-refractivity contribution in [3.63, 3.8) is 0 Å². The molecule has 0 aromatic heterocycles. The van der Waals surface area contributed by atoms with Crippen LogP contribution in [0.5, 0.6) is 0 Å². The molecule has 13 heavy (non-hydrogen) atoms. The summed E-state index contributed by atoms with van der Waals surface area (Å²) < 4.78 is 0. The Hall–Kier alpha value is -0.550. The van der Waals surface area contributed by atoms with Gasteiger partial charge in [-0.15, -0.1) is 0 Å². The Morgan fingerprint density at radius 2 is 2.08 bits per heavy atom. The molecule has 1 atom stereocenters. The van der Waals surface area contributed by atoms with Gasteiger partial charge in [-0.2, -0.15) is 5.26 Å². The Morgan fingerprint density at radius 3 is 2.38 bits per heavy atom. The quantitative estimate of drug-likeness (QED) is 0.720. The first-order valence-electron chi connectivity index (χ1n) is 5.10. The molecule has 0 heterocycles. The highest BCUT2D eigenvalue weighted by molar-refractivity contribution is 5.19. The van der Waals surface area contributed by atoms with Crippen LogP contribution in [0.4, 0.5) is 0 Å². The van der Waals surface area contributed by atoms with Gasteiger partial charge in [-0.3, -0.25) is 5.32 Å². The van der Waals surface area contributed by atoms with Crippen LogP contribution in [0.25, 0.3) is 0 Å². The van der Waals surface area contributed by atoms with Gasteiger partial charge >= 0.3 is 0 Å². The van der Waals surface area contributed by atoms with E-state index in [1.807, 2.05) is 6.92 Å². The molecule has 0 amide bonds. The molecular formula is C11H20N2. The summed E-state index contributed by atoms with van der Waals surface area (Å²) in [5.41, 5.74) is -0.103. The van der Waals surface area contributed by atoms with Crippen LogP contribution in [0.3, 0.4) is 0 Å². The molecule has 1 aliphatic carbocycles. The summed E-state index contributed by atoms with van der Waals surface area (Å²) in [6.45, 7) is 9.49. The van der Waals surface area contributed by atoms with Gasteiger partial charge in [0.15, 0.2) is 0 Å². The number of nitrogens with one attached hydrogen (secondary N) is 1. The van der Waals surface area contributed by atoms with Gasteiger partial charge in [-0.1, -0.05) is 20.8 Å². The van der Waals surface area contributed by atoms with Gasteiger partial charge in [0.2, 0.25) is 0 Å². The molecule has 1 saturated carbocycles. The molecule has 74 valence electrons. The van der Waals surface area contributed by atoms with E-state index in [0.29, 0.717) is 5.92 Å². The van der Waals surface area contributed by atoms with Crippen molar-refractivity contribution in [2.45, 2.75) is 46.1 Å². The van der Waals surface area contributed by atoms with Crippen LogP contribution in [0.15, 0.2) is 0 Å². The molecule has 0 aromatic carbocycles. The van der Waals surface area contributed by atoms with E-state index in [1.165, 1.54) is 12.8 Å². The Bertz CT molecular complexity index is 223. The van der Waals surface area contributed by atoms with E-state index in [1.54, 1.807) is 0 Å². The second-order valence-electron chi connectivity index (χ2n) is 5.07. The van der Waals surface area contributed by atoms with Crippen LogP contribution in [0, 0.1) is 22.7 Å². The SMILES string of the molecule is CC(C)CNC(C)(C#N)C1(C)CC1. The molecule has 0 aromatic rings. The van der Waals surface area contributed by atoms with Crippen LogP contribution in [-0.2, 0) is 0 Å². The van der Waals surface area contributed by atoms with Crippen molar-refractivity contribution < 1.29 is 0 Å². The highest BCUT2D eigenvalue weighted by atomic mass is 15.0. The minimum Gasteiger partial charge on any atom is -0.299 e. The minimum absolute atomic E-state index is 0.219. The van der Waals surface area contributed by atoms with Gasteiger partial charge < -0.3 is 0 Å². The number of hydrogen-bond donors (Lipinski definition) is 1. The molecule has 2 nitrogen and oxygen atoms in total. The minimum atomic E-state index is -0.322. The van der Waals surface area contributed by atoms with Crippen molar-refractivity contribution in [3.05, 3.63) is 0 Å².